The van der Waals surface area contributed by atoms with Gasteiger partial charge in [-0.3, -0.25) is 9.59 Å². The van der Waals surface area contributed by atoms with Crippen LogP contribution in [0.4, 0.5) is 0 Å². The van der Waals surface area contributed by atoms with Crippen LogP contribution in [0.5, 0.6) is 0 Å². The van der Waals surface area contributed by atoms with Gasteiger partial charge < -0.3 is 20.5 Å². The Hall–Kier alpha value is -0.530. The summed E-state index contributed by atoms with van der Waals surface area (Å²) in [6, 6.07) is 0. The molecule has 0 fully saturated rings. The van der Waals surface area contributed by atoms with Crippen LogP contribution < -0.4 is 11.1 Å². The maximum absolute atomic E-state index is 11.9. The number of aliphatic hydroxyl groups excluding tert-OH is 2. The summed E-state index contributed by atoms with van der Waals surface area (Å²) < 4.78 is 2.75. The minimum Gasteiger partial charge on any atom is -0.870 e. The summed E-state index contributed by atoms with van der Waals surface area (Å²) in [6.45, 7) is 11.5. The van der Waals surface area contributed by atoms with E-state index >= 15 is 0 Å². The Kier molecular flexibility index (Phi) is 18.2. The number of hydrogen-bond acceptors (Lipinski definition) is 7. The molecule has 2 aromatic heterocycles. The third kappa shape index (κ3) is 11.2. The van der Waals surface area contributed by atoms with Crippen LogP contribution >= 0.6 is 39.1 Å². The Bertz CT molecular complexity index is 926. The number of hydrogen-bond donors (Lipinski definition) is 2. The molecule has 0 unspecified atom stereocenters. The van der Waals surface area contributed by atoms with E-state index < -0.39 is 5.54 Å². The van der Waals surface area contributed by atoms with Crippen LogP contribution in [0.25, 0.3) is 0 Å². The molecule has 0 aliphatic carbocycles. The van der Waals surface area contributed by atoms with Crippen LogP contribution in [-0.2, 0) is 27.8 Å². The van der Waals surface area contributed by atoms with Crippen molar-refractivity contribution < 1.29 is 20.5 Å². The third-order valence-corrected chi connectivity index (χ3v) is 4.83. The van der Waals surface area contributed by atoms with E-state index in [0.29, 0.717) is 22.4 Å². The molecule has 2 rings (SSSR count). The smallest absolute Gasteiger partial charge is 0.870 e. The van der Waals surface area contributed by atoms with Crippen LogP contribution in [0.15, 0.2) is 22.0 Å². The molecule has 2 aromatic rings. The topological polar surface area (TPSA) is 157 Å². The molecule has 0 aliphatic rings. The normalized spacial score (nSPS) is 10.4. The first-order chi connectivity index (χ1) is 14.2. The molecule has 0 aliphatic heterocycles. The second-order valence-corrected chi connectivity index (χ2v) is 9.48. The monoisotopic (exact) mass is 596 g/mol. The van der Waals surface area contributed by atoms with Gasteiger partial charge in [-0.15, -0.1) is 0 Å². The maximum atomic E-state index is 11.9. The van der Waals surface area contributed by atoms with Crippen molar-refractivity contribution in [3.05, 3.63) is 54.3 Å². The van der Waals surface area contributed by atoms with Crippen molar-refractivity contribution in [1.29, 1.82) is 0 Å². The van der Waals surface area contributed by atoms with Gasteiger partial charge in [0.2, 0.25) is 0 Å². The van der Waals surface area contributed by atoms with Gasteiger partial charge in [-0.1, -0.05) is 45.6 Å². The summed E-state index contributed by atoms with van der Waals surface area (Å²) in [4.78, 5) is 31.8. The van der Waals surface area contributed by atoms with Crippen molar-refractivity contribution in [1.82, 2.24) is 19.6 Å². The standard InChI is InChI=1S/C9H12BrClN2O.C9H13ClN2O2.CHO2.Ca.H2O/c1-9(2,3)13-8(14)6(4-10)7(11)5-12-13;1-9(2,3)12-8(14)6(5-13)7(10)4-11-12;2-1-3;;/h5H,4H2,1-3H3;4,13H,5H2,1-3H3;(H,2,3);;1H2/q;;-1;+2;/p-1. The Morgan fingerprint density at radius 2 is 1.24 bits per heavy atom. The van der Waals surface area contributed by atoms with Gasteiger partial charge in [-0.05, 0) is 41.5 Å². The molecule has 0 saturated heterocycles. The Morgan fingerprint density at radius 3 is 1.52 bits per heavy atom. The molecule has 3 N–H and O–H groups in total. The van der Waals surface area contributed by atoms with E-state index in [1.165, 1.54) is 21.8 Å². The van der Waals surface area contributed by atoms with E-state index in [4.69, 9.17) is 38.2 Å². The zero-order valence-corrected chi connectivity index (χ0v) is 24.6. The fourth-order valence-electron chi connectivity index (χ4n) is 2.16. The zero-order chi connectivity index (χ0) is 24.6. The molecule has 0 bridgehead atoms. The molecule has 10 nitrogen and oxygen atoms in total. The van der Waals surface area contributed by atoms with Crippen molar-refractivity contribution >= 4 is 83.3 Å². The third-order valence-electron chi connectivity index (χ3n) is 3.61. The summed E-state index contributed by atoms with van der Waals surface area (Å²) in [7, 11) is 0. The molecule has 14 heteroatoms. The van der Waals surface area contributed by atoms with Gasteiger partial charge in [0, 0.05) is 10.9 Å². The van der Waals surface area contributed by atoms with Gasteiger partial charge in [0.05, 0.1) is 45.7 Å². The van der Waals surface area contributed by atoms with Crippen molar-refractivity contribution in [2.75, 3.05) is 0 Å². The van der Waals surface area contributed by atoms with E-state index in [1.807, 2.05) is 41.5 Å². The van der Waals surface area contributed by atoms with Crippen LogP contribution in [0.2, 0.25) is 10.0 Å². The number of rotatable bonds is 2. The fraction of sp³-hybridized carbons (Fsp3) is 0.526. The molecular formula is C19H27BrCaCl2N4O6. The van der Waals surface area contributed by atoms with Crippen molar-refractivity contribution in [3.8, 4) is 0 Å². The number of halogens is 3. The summed E-state index contributed by atoms with van der Waals surface area (Å²) in [5.74, 6) is 0. The van der Waals surface area contributed by atoms with E-state index in [9.17, 15) is 9.59 Å². The molecule has 0 atom stereocenters. The van der Waals surface area contributed by atoms with E-state index in [0.717, 1.165) is 0 Å². The second-order valence-electron chi connectivity index (χ2n) is 8.10. The average Bonchev–Trinajstić information content (AvgIpc) is 2.61. The first-order valence-electron chi connectivity index (χ1n) is 8.89. The van der Waals surface area contributed by atoms with Gasteiger partial charge >= 0.3 is 37.7 Å². The first-order valence-corrected chi connectivity index (χ1v) is 10.8. The summed E-state index contributed by atoms with van der Waals surface area (Å²) in [5.41, 5.74) is -0.466. The van der Waals surface area contributed by atoms with E-state index in [1.54, 1.807) is 0 Å². The number of alkyl halides is 1. The summed E-state index contributed by atoms with van der Waals surface area (Å²) >= 11 is 14.8. The molecule has 33 heavy (non-hydrogen) atoms. The van der Waals surface area contributed by atoms with E-state index in [2.05, 4.69) is 26.1 Å². The first kappa shape index (κ1) is 37.0. The van der Waals surface area contributed by atoms with E-state index in [-0.39, 0.29) is 77.1 Å². The fourth-order valence-corrected chi connectivity index (χ4v) is 3.24. The van der Waals surface area contributed by atoms with Gasteiger partial charge in [-0.25, -0.2) is 9.36 Å². The Morgan fingerprint density at radius 1 is 0.939 bits per heavy atom. The SMILES string of the molecule is CC(C)(C)n1ncc(Cl)c(CBr)c1=O.CC(C)(C)n1ncc(Cl)c(CO)c1=O.O=[C-]O.[Ca+2].[OH-]. The van der Waals surface area contributed by atoms with Crippen molar-refractivity contribution in [2.45, 2.75) is 64.6 Å². The minimum absolute atomic E-state index is 0. The summed E-state index contributed by atoms with van der Waals surface area (Å²) in [6.07, 6.45) is 2.88. The van der Waals surface area contributed by atoms with Crippen LogP contribution in [0.1, 0.15) is 52.7 Å². The molecule has 0 saturated carbocycles. The van der Waals surface area contributed by atoms with Gasteiger partial charge in [0.1, 0.15) is 0 Å². The zero-order valence-electron chi connectivity index (χ0n) is 19.3. The maximum Gasteiger partial charge on any atom is 2.00 e. The van der Waals surface area contributed by atoms with Crippen LogP contribution in [-0.4, -0.2) is 79.5 Å². The van der Waals surface area contributed by atoms with Gasteiger partial charge in [-0.2, -0.15) is 10.2 Å². The van der Waals surface area contributed by atoms with Gasteiger partial charge in [0.25, 0.3) is 11.1 Å². The predicted molar refractivity (Wildman–Crippen MR) is 132 cm³/mol. The quantitative estimate of drug-likeness (QED) is 0.304. The molecule has 0 radical (unpaired) electrons. The predicted octanol–water partition coefficient (Wildman–Crippen LogP) is 2.74. The van der Waals surface area contributed by atoms with Crippen LogP contribution in [0.3, 0.4) is 0 Å². The minimum atomic E-state index is -0.411. The Labute approximate surface area is 240 Å². The molecule has 0 aromatic carbocycles. The van der Waals surface area contributed by atoms with Crippen molar-refractivity contribution in [2.24, 2.45) is 0 Å². The van der Waals surface area contributed by atoms with Gasteiger partial charge in [0.15, 0.2) is 0 Å². The number of nitrogens with zero attached hydrogens (tertiary/aromatic N) is 4. The largest absolute Gasteiger partial charge is 2.00 e. The molecule has 2 heterocycles. The van der Waals surface area contributed by atoms with Crippen LogP contribution in [0, 0.1) is 0 Å². The average molecular weight is 598 g/mol. The summed E-state index contributed by atoms with van der Waals surface area (Å²) in [5, 5.41) is 24.7. The molecule has 0 spiro atoms. The second kappa shape index (κ2) is 16.2. The molecule has 0 amide bonds. The molecule has 182 valence electrons. The number of aromatic nitrogens is 4. The Balaban J connectivity index is -0.000000462. The molecular weight excluding hydrogens is 571 g/mol. The van der Waals surface area contributed by atoms with Crippen molar-refractivity contribution in [3.63, 3.8) is 0 Å². The number of aliphatic hydroxyl groups is 1.